The minimum absolute atomic E-state index is 0.155. The number of nitrogens with zero attached hydrogens (tertiary/aromatic N) is 1. The summed E-state index contributed by atoms with van der Waals surface area (Å²) >= 11 is 6.73. The third-order valence-electron chi connectivity index (χ3n) is 3.46. The molecule has 1 aliphatic carbocycles. The van der Waals surface area contributed by atoms with Gasteiger partial charge in [0.25, 0.3) is 0 Å². The molecule has 1 aromatic rings. The van der Waals surface area contributed by atoms with E-state index >= 15 is 0 Å². The second-order valence-electron chi connectivity index (χ2n) is 4.64. The second-order valence-corrected chi connectivity index (χ2v) is 8.31. The quantitative estimate of drug-likeness (QED) is 0.781. The largest absolute Gasteiger partial charge is 0.244 e. The number of rotatable bonds is 3. The van der Waals surface area contributed by atoms with Crippen LogP contribution in [0.15, 0.2) is 26.0 Å². The topological polar surface area (TPSA) is 37.4 Å². The molecule has 0 radical (unpaired) electrons. The van der Waals surface area contributed by atoms with Crippen molar-refractivity contribution < 1.29 is 8.42 Å². The first kappa shape index (κ1) is 14.5. The molecule has 0 unspecified atom stereocenters. The first-order valence-corrected chi connectivity index (χ1v) is 8.80. The number of halogens is 2. The molecule has 0 spiro atoms. The van der Waals surface area contributed by atoms with Crippen molar-refractivity contribution in [3.8, 4) is 0 Å². The molecule has 0 atom stereocenters. The highest BCUT2D eigenvalue weighted by molar-refractivity contribution is 9.11. The van der Waals surface area contributed by atoms with E-state index in [0.29, 0.717) is 9.37 Å². The molecule has 2 rings (SSSR count). The fourth-order valence-corrected chi connectivity index (χ4v) is 4.98. The van der Waals surface area contributed by atoms with Crippen LogP contribution in [0.4, 0.5) is 0 Å². The number of aryl methyl sites for hydroxylation is 1. The summed E-state index contributed by atoms with van der Waals surface area (Å²) in [6.07, 6.45) is 3.03. The predicted molar refractivity (Wildman–Crippen MR) is 79.2 cm³/mol. The van der Waals surface area contributed by atoms with Crippen molar-refractivity contribution in [3.63, 3.8) is 0 Å². The zero-order valence-corrected chi connectivity index (χ0v) is 14.3. The lowest BCUT2D eigenvalue weighted by Crippen LogP contribution is -2.41. The highest BCUT2D eigenvalue weighted by Crippen LogP contribution is 2.34. The third kappa shape index (κ3) is 2.53. The SMILES string of the molecule is Cc1cc(Br)c(S(=O)(=O)N(C)C2CCC2)cc1Br. The maximum absolute atomic E-state index is 12.5. The normalized spacial score (nSPS) is 16.9. The van der Waals surface area contributed by atoms with Crippen molar-refractivity contribution in [2.45, 2.75) is 37.1 Å². The van der Waals surface area contributed by atoms with Crippen LogP contribution in [0.2, 0.25) is 0 Å². The summed E-state index contributed by atoms with van der Waals surface area (Å²) < 4.78 is 28.0. The summed E-state index contributed by atoms with van der Waals surface area (Å²) in [5, 5.41) is 0. The molecule has 1 saturated carbocycles. The van der Waals surface area contributed by atoms with Crippen LogP contribution >= 0.6 is 31.9 Å². The molecule has 6 heteroatoms. The van der Waals surface area contributed by atoms with Crippen LogP contribution in [0, 0.1) is 6.92 Å². The fourth-order valence-electron chi connectivity index (χ4n) is 1.93. The van der Waals surface area contributed by atoms with Crippen LogP contribution < -0.4 is 0 Å². The summed E-state index contributed by atoms with van der Waals surface area (Å²) in [7, 11) is -1.75. The van der Waals surface area contributed by atoms with E-state index in [-0.39, 0.29) is 6.04 Å². The van der Waals surface area contributed by atoms with E-state index in [4.69, 9.17) is 0 Å². The van der Waals surface area contributed by atoms with Gasteiger partial charge in [0.05, 0.1) is 4.90 Å². The summed E-state index contributed by atoms with van der Waals surface area (Å²) in [6, 6.07) is 3.65. The van der Waals surface area contributed by atoms with Crippen molar-refractivity contribution in [3.05, 3.63) is 26.6 Å². The van der Waals surface area contributed by atoms with Gasteiger partial charge >= 0.3 is 0 Å². The van der Waals surface area contributed by atoms with Gasteiger partial charge in [-0.3, -0.25) is 0 Å². The second kappa shape index (κ2) is 5.23. The highest BCUT2D eigenvalue weighted by atomic mass is 79.9. The van der Waals surface area contributed by atoms with E-state index in [1.165, 1.54) is 4.31 Å². The smallest absolute Gasteiger partial charge is 0.207 e. The van der Waals surface area contributed by atoms with Crippen molar-refractivity contribution in [2.75, 3.05) is 7.05 Å². The lowest BCUT2D eigenvalue weighted by molar-refractivity contribution is 0.249. The molecule has 18 heavy (non-hydrogen) atoms. The van der Waals surface area contributed by atoms with Gasteiger partial charge in [-0.1, -0.05) is 22.4 Å². The molecule has 100 valence electrons. The van der Waals surface area contributed by atoms with Crippen LogP contribution in [-0.4, -0.2) is 25.8 Å². The van der Waals surface area contributed by atoms with Crippen molar-refractivity contribution in [2.24, 2.45) is 0 Å². The molecule has 0 bridgehead atoms. The van der Waals surface area contributed by atoms with Crippen molar-refractivity contribution >= 4 is 41.9 Å². The van der Waals surface area contributed by atoms with Crippen molar-refractivity contribution in [1.82, 2.24) is 4.31 Å². The Labute approximate surface area is 125 Å². The first-order valence-electron chi connectivity index (χ1n) is 5.77. The average Bonchev–Trinajstić information content (AvgIpc) is 2.20. The molecule has 3 nitrogen and oxygen atoms in total. The van der Waals surface area contributed by atoms with Gasteiger partial charge in [-0.05, 0) is 53.4 Å². The van der Waals surface area contributed by atoms with E-state index in [0.717, 1.165) is 29.3 Å². The van der Waals surface area contributed by atoms with Gasteiger partial charge in [0, 0.05) is 22.0 Å². The molecule has 1 aliphatic rings. The van der Waals surface area contributed by atoms with Gasteiger partial charge in [0.2, 0.25) is 10.0 Å². The van der Waals surface area contributed by atoms with Crippen LogP contribution in [0.25, 0.3) is 0 Å². The zero-order valence-electron chi connectivity index (χ0n) is 10.3. The number of hydrogen-bond acceptors (Lipinski definition) is 2. The summed E-state index contributed by atoms with van der Waals surface area (Å²) in [5.74, 6) is 0. The molecular formula is C12H15Br2NO2S. The van der Waals surface area contributed by atoms with Gasteiger partial charge < -0.3 is 0 Å². The Balaban J connectivity index is 2.43. The van der Waals surface area contributed by atoms with Crippen LogP contribution in [0.5, 0.6) is 0 Å². The van der Waals surface area contributed by atoms with E-state index in [1.54, 1.807) is 13.1 Å². The Kier molecular flexibility index (Phi) is 4.21. The summed E-state index contributed by atoms with van der Waals surface area (Å²) in [6.45, 7) is 1.93. The Morgan fingerprint density at radius 2 is 1.83 bits per heavy atom. The Hall–Kier alpha value is 0.0900. The summed E-state index contributed by atoms with van der Waals surface area (Å²) in [4.78, 5) is 0.328. The van der Waals surface area contributed by atoms with E-state index in [2.05, 4.69) is 31.9 Å². The Morgan fingerprint density at radius 3 is 2.33 bits per heavy atom. The monoisotopic (exact) mass is 395 g/mol. The summed E-state index contributed by atoms with van der Waals surface area (Å²) in [5.41, 5.74) is 1.01. The predicted octanol–water partition coefficient (Wildman–Crippen LogP) is 3.69. The average molecular weight is 397 g/mol. The third-order valence-corrected chi connectivity index (χ3v) is 7.18. The number of hydrogen-bond donors (Lipinski definition) is 0. The molecule has 1 aromatic carbocycles. The van der Waals surface area contributed by atoms with Crippen LogP contribution in [0.3, 0.4) is 0 Å². The maximum atomic E-state index is 12.5. The van der Waals surface area contributed by atoms with Gasteiger partial charge in [0.1, 0.15) is 0 Å². The van der Waals surface area contributed by atoms with Gasteiger partial charge in [-0.2, -0.15) is 4.31 Å². The molecule has 0 aromatic heterocycles. The molecular weight excluding hydrogens is 382 g/mol. The van der Waals surface area contributed by atoms with Crippen LogP contribution in [0.1, 0.15) is 24.8 Å². The minimum Gasteiger partial charge on any atom is -0.207 e. The number of sulfonamides is 1. The molecule has 0 aliphatic heterocycles. The van der Waals surface area contributed by atoms with Crippen LogP contribution in [-0.2, 0) is 10.0 Å². The molecule has 0 saturated heterocycles. The minimum atomic E-state index is -3.41. The Morgan fingerprint density at radius 1 is 1.22 bits per heavy atom. The van der Waals surface area contributed by atoms with E-state index in [9.17, 15) is 8.42 Å². The fraction of sp³-hybridized carbons (Fsp3) is 0.500. The molecule has 0 heterocycles. The maximum Gasteiger partial charge on any atom is 0.244 e. The molecule has 1 fully saturated rings. The van der Waals surface area contributed by atoms with Gasteiger partial charge in [-0.25, -0.2) is 8.42 Å². The highest BCUT2D eigenvalue weighted by Gasteiger charge is 2.33. The Bertz CT molecular complexity index is 568. The lowest BCUT2D eigenvalue weighted by Gasteiger charge is -2.34. The zero-order chi connectivity index (χ0) is 13.5. The standard InChI is InChI=1S/C12H15Br2NO2S/c1-8-6-11(14)12(7-10(8)13)18(16,17)15(2)9-4-3-5-9/h6-7,9H,3-5H2,1-2H3. The number of benzene rings is 1. The lowest BCUT2D eigenvalue weighted by atomic mass is 9.94. The van der Waals surface area contributed by atoms with Crippen molar-refractivity contribution in [1.29, 1.82) is 0 Å². The van der Waals surface area contributed by atoms with Gasteiger partial charge in [-0.15, -0.1) is 0 Å². The molecule has 0 amide bonds. The van der Waals surface area contributed by atoms with Gasteiger partial charge in [0.15, 0.2) is 0 Å². The van der Waals surface area contributed by atoms with E-state index < -0.39 is 10.0 Å². The molecule has 0 N–H and O–H groups in total. The van der Waals surface area contributed by atoms with E-state index in [1.807, 2.05) is 13.0 Å². The first-order chi connectivity index (χ1) is 8.34.